The van der Waals surface area contributed by atoms with Crippen LogP contribution in [0.3, 0.4) is 0 Å². The second kappa shape index (κ2) is 9.45. The molecule has 2 heterocycles. The Labute approximate surface area is 164 Å². The van der Waals surface area contributed by atoms with Gasteiger partial charge in [0.15, 0.2) is 5.13 Å². The molecule has 0 spiro atoms. The molecule has 0 aromatic carbocycles. The molecule has 0 unspecified atom stereocenters. The van der Waals surface area contributed by atoms with Crippen molar-refractivity contribution in [2.24, 2.45) is 0 Å². The Morgan fingerprint density at radius 3 is 2.60 bits per heavy atom. The number of ether oxygens (including phenoxy) is 1. The van der Waals surface area contributed by atoms with E-state index in [1.54, 1.807) is 24.8 Å². The molecule has 0 radical (unpaired) electrons. The van der Waals surface area contributed by atoms with Crippen LogP contribution in [0.25, 0.3) is 0 Å². The van der Waals surface area contributed by atoms with Crippen molar-refractivity contribution >= 4 is 55.6 Å². The predicted octanol–water partition coefficient (Wildman–Crippen LogP) is 5.29. The summed E-state index contributed by atoms with van der Waals surface area (Å²) in [6.45, 7) is 6.55. The molecule has 2 rings (SSSR count). The molecule has 0 atom stereocenters. The summed E-state index contributed by atoms with van der Waals surface area (Å²) in [5.41, 5.74) is 0.596. The molecule has 2 aromatic rings. The van der Waals surface area contributed by atoms with E-state index in [1.807, 2.05) is 6.07 Å². The van der Waals surface area contributed by atoms with Crippen LogP contribution < -0.4 is 4.90 Å². The molecular formula is C17H21BrN2O3S2. The molecular weight excluding hydrogens is 424 g/mol. The van der Waals surface area contributed by atoms with Crippen molar-refractivity contribution in [2.75, 3.05) is 18.1 Å². The molecule has 2 aromatic heterocycles. The SMILES string of the molecule is CCCCCN(C(=O)c1ccc(Br)s1)c1nc(C)c(C(=O)OCC)s1. The second-order valence-corrected chi connectivity index (χ2v) is 8.84. The zero-order valence-electron chi connectivity index (χ0n) is 14.5. The van der Waals surface area contributed by atoms with Crippen molar-refractivity contribution < 1.29 is 14.3 Å². The first-order valence-electron chi connectivity index (χ1n) is 8.19. The fourth-order valence-corrected chi connectivity index (χ4v) is 4.57. The number of esters is 1. The molecule has 0 aliphatic heterocycles. The van der Waals surface area contributed by atoms with Crippen molar-refractivity contribution in [3.63, 3.8) is 0 Å². The normalized spacial score (nSPS) is 10.7. The number of nitrogens with zero attached hydrogens (tertiary/aromatic N) is 2. The number of hydrogen-bond donors (Lipinski definition) is 0. The number of unbranched alkanes of at least 4 members (excludes halogenated alkanes) is 2. The highest BCUT2D eigenvalue weighted by atomic mass is 79.9. The van der Waals surface area contributed by atoms with Gasteiger partial charge in [-0.3, -0.25) is 9.69 Å². The van der Waals surface area contributed by atoms with Gasteiger partial charge in [-0.25, -0.2) is 9.78 Å². The number of carbonyl (C=O) groups is 2. The maximum Gasteiger partial charge on any atom is 0.350 e. The standard InChI is InChI=1S/C17H21BrN2O3S2/c1-4-6-7-10-20(15(21)12-8-9-13(18)24-12)17-19-11(3)14(25-17)16(22)23-5-2/h8-9H,4-7,10H2,1-3H3. The summed E-state index contributed by atoms with van der Waals surface area (Å²) in [5, 5.41) is 0.547. The molecule has 0 N–H and O–H groups in total. The van der Waals surface area contributed by atoms with Crippen LogP contribution in [0.5, 0.6) is 0 Å². The zero-order chi connectivity index (χ0) is 18.4. The van der Waals surface area contributed by atoms with Gasteiger partial charge in [0, 0.05) is 6.54 Å². The lowest BCUT2D eigenvalue weighted by Crippen LogP contribution is -2.31. The Morgan fingerprint density at radius 2 is 2.00 bits per heavy atom. The van der Waals surface area contributed by atoms with Gasteiger partial charge in [0.2, 0.25) is 0 Å². The number of anilines is 1. The summed E-state index contributed by atoms with van der Waals surface area (Å²) < 4.78 is 5.98. The molecule has 136 valence electrons. The van der Waals surface area contributed by atoms with Crippen molar-refractivity contribution in [1.82, 2.24) is 4.98 Å². The van der Waals surface area contributed by atoms with Gasteiger partial charge in [0.05, 0.1) is 21.0 Å². The van der Waals surface area contributed by atoms with Gasteiger partial charge < -0.3 is 4.74 Å². The van der Waals surface area contributed by atoms with Crippen LogP contribution in [-0.4, -0.2) is 30.0 Å². The number of halogens is 1. The van der Waals surface area contributed by atoms with Gasteiger partial charge in [-0.05, 0) is 48.3 Å². The van der Waals surface area contributed by atoms with E-state index in [1.165, 1.54) is 22.7 Å². The molecule has 8 heteroatoms. The molecule has 0 aliphatic carbocycles. The quantitative estimate of drug-likeness (QED) is 0.409. The number of rotatable bonds is 8. The van der Waals surface area contributed by atoms with Gasteiger partial charge >= 0.3 is 5.97 Å². The summed E-state index contributed by atoms with van der Waals surface area (Å²) >= 11 is 6.01. The average Bonchev–Trinajstić information content (AvgIpc) is 3.17. The first-order valence-corrected chi connectivity index (χ1v) is 10.6. The average molecular weight is 445 g/mol. The van der Waals surface area contributed by atoms with Crippen LogP contribution in [0.15, 0.2) is 15.9 Å². The third-order valence-corrected chi connectivity index (χ3v) is 6.26. The highest BCUT2D eigenvalue weighted by molar-refractivity contribution is 9.11. The highest BCUT2D eigenvalue weighted by Gasteiger charge is 2.25. The summed E-state index contributed by atoms with van der Waals surface area (Å²) in [6.07, 6.45) is 2.99. The Hall–Kier alpha value is -1.25. The number of aryl methyl sites for hydroxylation is 1. The molecule has 0 aliphatic rings. The van der Waals surface area contributed by atoms with Gasteiger partial charge in [-0.1, -0.05) is 31.1 Å². The number of hydrogen-bond acceptors (Lipinski definition) is 6. The Morgan fingerprint density at radius 1 is 1.24 bits per heavy atom. The van der Waals surface area contributed by atoms with E-state index < -0.39 is 0 Å². The summed E-state index contributed by atoms with van der Waals surface area (Å²) in [6, 6.07) is 3.66. The number of amides is 1. The van der Waals surface area contributed by atoms with E-state index in [0.29, 0.717) is 33.7 Å². The van der Waals surface area contributed by atoms with E-state index in [9.17, 15) is 9.59 Å². The molecule has 0 fully saturated rings. The van der Waals surface area contributed by atoms with Gasteiger partial charge in [-0.2, -0.15) is 0 Å². The van der Waals surface area contributed by atoms with Crippen molar-refractivity contribution in [2.45, 2.75) is 40.0 Å². The van der Waals surface area contributed by atoms with Crippen LogP contribution in [-0.2, 0) is 4.74 Å². The first-order chi connectivity index (χ1) is 12.0. The van der Waals surface area contributed by atoms with Crippen LogP contribution in [0, 0.1) is 6.92 Å². The van der Waals surface area contributed by atoms with E-state index in [4.69, 9.17) is 4.74 Å². The zero-order valence-corrected chi connectivity index (χ0v) is 17.7. The van der Waals surface area contributed by atoms with Crippen LogP contribution in [0.2, 0.25) is 0 Å². The van der Waals surface area contributed by atoms with Gasteiger partial charge in [-0.15, -0.1) is 11.3 Å². The Bertz CT molecular complexity index is 742. The molecule has 0 saturated heterocycles. The lowest BCUT2D eigenvalue weighted by Gasteiger charge is -2.19. The van der Waals surface area contributed by atoms with Crippen LogP contribution >= 0.6 is 38.6 Å². The smallest absolute Gasteiger partial charge is 0.350 e. The van der Waals surface area contributed by atoms with E-state index in [2.05, 4.69) is 27.8 Å². The van der Waals surface area contributed by atoms with Gasteiger partial charge in [0.25, 0.3) is 5.91 Å². The molecule has 0 bridgehead atoms. The number of carbonyl (C=O) groups excluding carboxylic acids is 2. The van der Waals surface area contributed by atoms with E-state index >= 15 is 0 Å². The van der Waals surface area contributed by atoms with Crippen LogP contribution in [0.1, 0.15) is 58.1 Å². The second-order valence-electron chi connectivity index (χ2n) is 5.40. The van der Waals surface area contributed by atoms with Crippen molar-refractivity contribution in [3.8, 4) is 0 Å². The minimum Gasteiger partial charge on any atom is -0.462 e. The largest absolute Gasteiger partial charge is 0.462 e. The summed E-state index contributed by atoms with van der Waals surface area (Å²) in [7, 11) is 0. The lowest BCUT2D eigenvalue weighted by molar-refractivity contribution is 0.0531. The van der Waals surface area contributed by atoms with E-state index in [0.717, 1.165) is 23.0 Å². The van der Waals surface area contributed by atoms with Crippen molar-refractivity contribution in [3.05, 3.63) is 31.4 Å². The molecule has 5 nitrogen and oxygen atoms in total. The Balaban J connectivity index is 2.30. The maximum atomic E-state index is 12.9. The van der Waals surface area contributed by atoms with Gasteiger partial charge in [0.1, 0.15) is 4.88 Å². The lowest BCUT2D eigenvalue weighted by atomic mass is 10.2. The number of thiazole rings is 1. The highest BCUT2D eigenvalue weighted by Crippen LogP contribution is 2.30. The summed E-state index contributed by atoms with van der Waals surface area (Å²) in [5.74, 6) is -0.473. The third-order valence-electron chi connectivity index (χ3n) is 3.49. The fourth-order valence-electron chi connectivity index (χ4n) is 2.25. The third kappa shape index (κ3) is 5.12. The molecule has 1 amide bonds. The number of thiophene rings is 1. The van der Waals surface area contributed by atoms with Crippen molar-refractivity contribution in [1.29, 1.82) is 0 Å². The molecule has 0 saturated carbocycles. The fraction of sp³-hybridized carbons (Fsp3) is 0.471. The predicted molar refractivity (Wildman–Crippen MR) is 106 cm³/mol. The topological polar surface area (TPSA) is 59.5 Å². The maximum absolute atomic E-state index is 12.9. The van der Waals surface area contributed by atoms with Crippen LogP contribution in [0.4, 0.5) is 5.13 Å². The minimum atomic E-state index is -0.386. The first kappa shape index (κ1) is 20.1. The monoisotopic (exact) mass is 444 g/mol. The number of aromatic nitrogens is 1. The Kier molecular flexibility index (Phi) is 7.58. The van der Waals surface area contributed by atoms with E-state index in [-0.39, 0.29) is 11.9 Å². The molecule has 25 heavy (non-hydrogen) atoms. The summed E-state index contributed by atoms with van der Waals surface area (Å²) in [4.78, 5) is 32.2. The minimum absolute atomic E-state index is 0.0871.